The van der Waals surface area contributed by atoms with Crippen LogP contribution in [0.1, 0.15) is 26.6 Å². The van der Waals surface area contributed by atoms with Crippen LogP contribution in [0.4, 0.5) is 5.82 Å². The number of aromatic nitrogens is 2. The molecule has 0 saturated heterocycles. The molecule has 0 unspecified atom stereocenters. The Morgan fingerprint density at radius 1 is 1.44 bits per heavy atom. The van der Waals surface area contributed by atoms with Gasteiger partial charge < -0.3 is 10.0 Å². The summed E-state index contributed by atoms with van der Waals surface area (Å²) in [4.78, 5) is 10.4. The third-order valence-corrected chi connectivity index (χ3v) is 2.88. The summed E-state index contributed by atoms with van der Waals surface area (Å²) in [5.74, 6) is 1.44. The van der Waals surface area contributed by atoms with Gasteiger partial charge in [-0.2, -0.15) is 0 Å². The van der Waals surface area contributed by atoms with Crippen molar-refractivity contribution in [2.75, 3.05) is 18.6 Å². The molecule has 0 atom stereocenters. The zero-order chi connectivity index (χ0) is 12.3. The van der Waals surface area contributed by atoms with Gasteiger partial charge >= 0.3 is 0 Å². The molecule has 16 heavy (non-hydrogen) atoms. The van der Waals surface area contributed by atoms with Crippen LogP contribution in [-0.2, 0) is 6.42 Å². The molecule has 0 aliphatic heterocycles. The second-order valence-corrected chi connectivity index (χ2v) is 4.74. The van der Waals surface area contributed by atoms with E-state index in [4.69, 9.17) is 11.6 Å². The first kappa shape index (κ1) is 13.2. The van der Waals surface area contributed by atoms with E-state index in [0.717, 1.165) is 12.2 Å². The van der Waals surface area contributed by atoms with Crippen molar-refractivity contribution in [3.8, 4) is 0 Å². The predicted molar refractivity (Wildman–Crippen MR) is 66.0 cm³/mol. The highest BCUT2D eigenvalue weighted by atomic mass is 35.5. The van der Waals surface area contributed by atoms with Gasteiger partial charge in [-0.3, -0.25) is 0 Å². The number of hydrogen-bond acceptors (Lipinski definition) is 4. The van der Waals surface area contributed by atoms with Crippen molar-refractivity contribution < 1.29 is 5.11 Å². The Bertz CT molecular complexity index is 368. The zero-order valence-electron chi connectivity index (χ0n) is 10.2. The predicted octanol–water partition coefficient (Wildman–Crippen LogP) is 1.90. The zero-order valence-corrected chi connectivity index (χ0v) is 10.9. The van der Waals surface area contributed by atoms with Gasteiger partial charge in [-0.1, -0.05) is 18.5 Å². The highest BCUT2D eigenvalue weighted by Gasteiger charge is 2.24. The van der Waals surface area contributed by atoms with Gasteiger partial charge in [0.15, 0.2) is 0 Å². The van der Waals surface area contributed by atoms with Gasteiger partial charge in [0.1, 0.15) is 16.8 Å². The number of aryl methyl sites for hydroxylation is 1. The molecule has 1 N–H and O–H groups in total. The number of likely N-dealkylation sites (N-methyl/N-ethyl adjacent to an activating group) is 1. The molecule has 0 bridgehead atoms. The third kappa shape index (κ3) is 2.83. The molecule has 0 saturated carbocycles. The van der Waals surface area contributed by atoms with Crippen LogP contribution in [0.15, 0.2) is 6.07 Å². The molecule has 0 aromatic carbocycles. The van der Waals surface area contributed by atoms with Crippen LogP contribution in [0.25, 0.3) is 0 Å². The number of anilines is 1. The Balaban J connectivity index is 3.08. The molecule has 0 spiro atoms. The fraction of sp³-hybridized carbons (Fsp3) is 0.636. The van der Waals surface area contributed by atoms with Crippen LogP contribution in [0.2, 0.25) is 5.15 Å². The van der Waals surface area contributed by atoms with Crippen LogP contribution in [0.3, 0.4) is 0 Å². The Labute approximate surface area is 101 Å². The lowest BCUT2D eigenvalue weighted by Crippen LogP contribution is -2.45. The quantitative estimate of drug-likeness (QED) is 0.821. The lowest BCUT2D eigenvalue weighted by molar-refractivity contribution is 0.215. The second kappa shape index (κ2) is 4.97. The smallest absolute Gasteiger partial charge is 0.134 e. The van der Waals surface area contributed by atoms with Crippen LogP contribution < -0.4 is 4.90 Å². The van der Waals surface area contributed by atoms with E-state index < -0.39 is 0 Å². The van der Waals surface area contributed by atoms with Crippen LogP contribution >= 0.6 is 11.6 Å². The molecule has 0 radical (unpaired) electrons. The summed E-state index contributed by atoms with van der Waals surface area (Å²) in [6, 6.07) is 1.71. The standard InChI is InChI=1S/C11H18ClN3O/c1-5-9-13-8(12)6-10(14-9)15(4)11(2,3)7-16/h6,16H,5,7H2,1-4H3. The van der Waals surface area contributed by atoms with Crippen molar-refractivity contribution >= 4 is 17.4 Å². The van der Waals surface area contributed by atoms with Crippen molar-refractivity contribution in [1.29, 1.82) is 0 Å². The van der Waals surface area contributed by atoms with E-state index in [2.05, 4.69) is 9.97 Å². The maximum atomic E-state index is 9.30. The second-order valence-electron chi connectivity index (χ2n) is 4.35. The topological polar surface area (TPSA) is 49.2 Å². The van der Waals surface area contributed by atoms with Gasteiger partial charge in [0.2, 0.25) is 0 Å². The molecular formula is C11H18ClN3O. The summed E-state index contributed by atoms with van der Waals surface area (Å²) < 4.78 is 0. The van der Waals surface area contributed by atoms with E-state index in [1.54, 1.807) is 6.07 Å². The number of rotatable bonds is 4. The van der Waals surface area contributed by atoms with Crippen molar-refractivity contribution in [3.63, 3.8) is 0 Å². The summed E-state index contributed by atoms with van der Waals surface area (Å²) in [6.45, 7) is 5.91. The molecule has 1 rings (SSSR count). The molecule has 90 valence electrons. The SMILES string of the molecule is CCc1nc(Cl)cc(N(C)C(C)(C)CO)n1. The summed E-state index contributed by atoms with van der Waals surface area (Å²) in [5, 5.41) is 9.74. The van der Waals surface area contributed by atoms with Crippen molar-refractivity contribution in [2.24, 2.45) is 0 Å². The summed E-state index contributed by atoms with van der Waals surface area (Å²) in [7, 11) is 1.88. The summed E-state index contributed by atoms with van der Waals surface area (Å²) in [6.07, 6.45) is 0.737. The number of aliphatic hydroxyl groups excluding tert-OH is 1. The minimum Gasteiger partial charge on any atom is -0.394 e. The van der Waals surface area contributed by atoms with E-state index in [1.165, 1.54) is 0 Å². The first-order chi connectivity index (χ1) is 7.40. The molecule has 0 aliphatic rings. The van der Waals surface area contributed by atoms with E-state index in [-0.39, 0.29) is 12.1 Å². The van der Waals surface area contributed by atoms with Crippen molar-refractivity contribution in [1.82, 2.24) is 9.97 Å². The van der Waals surface area contributed by atoms with Gasteiger partial charge in [0.25, 0.3) is 0 Å². The number of halogens is 1. The molecule has 0 fully saturated rings. The minimum atomic E-state index is -0.372. The van der Waals surface area contributed by atoms with Gasteiger partial charge in [-0.15, -0.1) is 0 Å². The third-order valence-electron chi connectivity index (χ3n) is 2.68. The fourth-order valence-corrected chi connectivity index (χ4v) is 1.39. The number of hydrogen-bond donors (Lipinski definition) is 1. The Morgan fingerprint density at radius 2 is 2.06 bits per heavy atom. The Kier molecular flexibility index (Phi) is 4.10. The Hall–Kier alpha value is -0.870. The highest BCUT2D eigenvalue weighted by Crippen LogP contribution is 2.22. The molecule has 4 nitrogen and oxygen atoms in total. The van der Waals surface area contributed by atoms with Gasteiger partial charge in [0.05, 0.1) is 12.1 Å². The molecular weight excluding hydrogens is 226 g/mol. The van der Waals surface area contributed by atoms with E-state index in [1.807, 2.05) is 32.7 Å². The largest absolute Gasteiger partial charge is 0.394 e. The van der Waals surface area contributed by atoms with E-state index in [9.17, 15) is 5.11 Å². The van der Waals surface area contributed by atoms with Crippen LogP contribution in [0.5, 0.6) is 0 Å². The normalized spacial score (nSPS) is 11.6. The molecule has 0 amide bonds. The van der Waals surface area contributed by atoms with Crippen LogP contribution in [-0.4, -0.2) is 34.3 Å². The van der Waals surface area contributed by atoms with E-state index >= 15 is 0 Å². The van der Waals surface area contributed by atoms with E-state index in [0.29, 0.717) is 11.0 Å². The lowest BCUT2D eigenvalue weighted by atomic mass is 10.1. The van der Waals surface area contributed by atoms with Crippen molar-refractivity contribution in [2.45, 2.75) is 32.7 Å². The lowest BCUT2D eigenvalue weighted by Gasteiger charge is -2.35. The minimum absolute atomic E-state index is 0.0482. The molecule has 1 aromatic heterocycles. The number of aliphatic hydroxyl groups is 1. The van der Waals surface area contributed by atoms with Gasteiger partial charge in [-0.25, -0.2) is 9.97 Å². The molecule has 1 aromatic rings. The highest BCUT2D eigenvalue weighted by molar-refractivity contribution is 6.29. The monoisotopic (exact) mass is 243 g/mol. The summed E-state index contributed by atoms with van der Waals surface area (Å²) in [5.41, 5.74) is -0.372. The maximum absolute atomic E-state index is 9.30. The average Bonchev–Trinajstić information content (AvgIpc) is 2.27. The average molecular weight is 244 g/mol. The first-order valence-corrected chi connectivity index (χ1v) is 5.66. The molecule has 1 heterocycles. The first-order valence-electron chi connectivity index (χ1n) is 5.29. The Morgan fingerprint density at radius 3 is 2.56 bits per heavy atom. The molecule has 5 heteroatoms. The molecule has 0 aliphatic carbocycles. The van der Waals surface area contributed by atoms with Crippen molar-refractivity contribution in [3.05, 3.63) is 17.0 Å². The number of nitrogens with zero attached hydrogens (tertiary/aromatic N) is 3. The van der Waals surface area contributed by atoms with Gasteiger partial charge in [0, 0.05) is 19.5 Å². The maximum Gasteiger partial charge on any atom is 0.134 e. The summed E-state index contributed by atoms with van der Waals surface area (Å²) >= 11 is 5.93. The fourth-order valence-electron chi connectivity index (χ4n) is 1.20. The van der Waals surface area contributed by atoms with Gasteiger partial charge in [-0.05, 0) is 13.8 Å². The van der Waals surface area contributed by atoms with Crippen LogP contribution in [0, 0.1) is 0 Å².